The van der Waals surface area contributed by atoms with Crippen molar-refractivity contribution < 1.29 is 8.42 Å². The molecule has 1 saturated carbocycles. The van der Waals surface area contributed by atoms with Crippen molar-refractivity contribution in [2.75, 3.05) is 19.6 Å². The second kappa shape index (κ2) is 6.43. The summed E-state index contributed by atoms with van der Waals surface area (Å²) < 4.78 is 26.1. The maximum absolute atomic E-state index is 12.3. The number of nitrogens with one attached hydrogen (secondary N) is 2. The molecule has 20 heavy (non-hydrogen) atoms. The van der Waals surface area contributed by atoms with Gasteiger partial charge in [0.2, 0.25) is 0 Å². The second-order valence-electron chi connectivity index (χ2n) is 5.45. The summed E-state index contributed by atoms with van der Waals surface area (Å²) in [5.41, 5.74) is 0. The predicted molar refractivity (Wildman–Crippen MR) is 78.3 cm³/mol. The molecule has 6 nitrogen and oxygen atoms in total. The molecule has 0 amide bonds. The highest BCUT2D eigenvalue weighted by atomic mass is 35.5. The zero-order chi connectivity index (χ0) is 13.3. The highest BCUT2D eigenvalue weighted by molar-refractivity contribution is 7.89. The van der Waals surface area contributed by atoms with Crippen molar-refractivity contribution >= 4 is 22.4 Å². The number of hydrogen-bond acceptors (Lipinski definition) is 4. The zero-order valence-electron chi connectivity index (χ0n) is 11.3. The third-order valence-corrected chi connectivity index (χ3v) is 5.76. The Balaban J connectivity index is 0.00000147. The van der Waals surface area contributed by atoms with Crippen LogP contribution in [0.15, 0.2) is 17.6 Å². The van der Waals surface area contributed by atoms with Gasteiger partial charge in [-0.3, -0.25) is 0 Å². The van der Waals surface area contributed by atoms with Gasteiger partial charge in [0.15, 0.2) is 5.03 Å². The monoisotopic (exact) mass is 320 g/mol. The Kier molecular flexibility index (Phi) is 5.06. The average molecular weight is 321 g/mol. The normalized spacial score (nSPS) is 21.6. The van der Waals surface area contributed by atoms with Gasteiger partial charge < -0.3 is 10.3 Å². The minimum atomic E-state index is -3.37. The summed E-state index contributed by atoms with van der Waals surface area (Å²) in [6, 6.07) is 0.466. The number of piperidine rings is 1. The molecule has 1 aromatic rings. The molecule has 0 atom stereocenters. The van der Waals surface area contributed by atoms with Gasteiger partial charge in [-0.05, 0) is 38.1 Å². The van der Waals surface area contributed by atoms with Gasteiger partial charge in [-0.1, -0.05) is 0 Å². The Morgan fingerprint density at radius 2 is 2.00 bits per heavy atom. The van der Waals surface area contributed by atoms with Crippen LogP contribution in [0.5, 0.6) is 0 Å². The molecule has 2 N–H and O–H groups in total. The first-order chi connectivity index (χ1) is 9.16. The lowest BCUT2D eigenvalue weighted by Gasteiger charge is -2.31. The minimum absolute atomic E-state index is 0. The highest BCUT2D eigenvalue weighted by Crippen LogP contribution is 2.28. The molecule has 0 unspecified atom stereocenters. The molecule has 8 heteroatoms. The van der Waals surface area contributed by atoms with E-state index in [4.69, 9.17) is 0 Å². The average Bonchev–Trinajstić information content (AvgIpc) is 3.07. The second-order valence-corrected chi connectivity index (χ2v) is 7.35. The van der Waals surface area contributed by atoms with Crippen LogP contribution in [0.3, 0.4) is 0 Å². The van der Waals surface area contributed by atoms with E-state index in [2.05, 4.69) is 15.3 Å². The third-order valence-electron chi connectivity index (χ3n) is 3.94. The first-order valence-corrected chi connectivity index (χ1v) is 8.32. The van der Waals surface area contributed by atoms with Gasteiger partial charge in [-0.2, -0.15) is 4.31 Å². The van der Waals surface area contributed by atoms with Crippen LogP contribution in [0.1, 0.15) is 25.7 Å². The predicted octanol–water partition coefficient (Wildman–Crippen LogP) is 0.984. The lowest BCUT2D eigenvalue weighted by molar-refractivity contribution is 0.287. The molecule has 1 aromatic heterocycles. The fourth-order valence-corrected chi connectivity index (χ4v) is 3.84. The largest absolute Gasteiger partial charge is 0.335 e. The van der Waals surface area contributed by atoms with Crippen molar-refractivity contribution in [3.8, 4) is 0 Å². The molecule has 114 valence electrons. The van der Waals surface area contributed by atoms with Crippen LogP contribution in [0.2, 0.25) is 0 Å². The van der Waals surface area contributed by atoms with Gasteiger partial charge in [0, 0.05) is 19.1 Å². The number of sulfonamides is 1. The van der Waals surface area contributed by atoms with E-state index in [0.717, 1.165) is 25.3 Å². The fourth-order valence-electron chi connectivity index (χ4n) is 2.48. The fraction of sp³-hybridized carbons (Fsp3) is 0.750. The van der Waals surface area contributed by atoms with Crippen LogP contribution >= 0.6 is 12.4 Å². The number of aromatic nitrogens is 2. The van der Waals surface area contributed by atoms with Gasteiger partial charge >= 0.3 is 0 Å². The van der Waals surface area contributed by atoms with Crippen LogP contribution in [0, 0.1) is 5.92 Å². The Morgan fingerprint density at radius 3 is 2.55 bits per heavy atom. The summed E-state index contributed by atoms with van der Waals surface area (Å²) in [6.45, 7) is 2.27. The van der Waals surface area contributed by atoms with E-state index in [-0.39, 0.29) is 17.4 Å². The van der Waals surface area contributed by atoms with E-state index in [1.807, 2.05) is 0 Å². The summed E-state index contributed by atoms with van der Waals surface area (Å²) >= 11 is 0. The maximum atomic E-state index is 12.3. The number of aromatic amines is 1. The van der Waals surface area contributed by atoms with Crippen molar-refractivity contribution in [1.29, 1.82) is 0 Å². The molecule has 1 saturated heterocycles. The van der Waals surface area contributed by atoms with Crippen LogP contribution in [-0.2, 0) is 10.0 Å². The molecule has 0 bridgehead atoms. The Hall–Kier alpha value is -0.630. The van der Waals surface area contributed by atoms with Crippen molar-refractivity contribution in [3.63, 3.8) is 0 Å². The van der Waals surface area contributed by atoms with Crippen LogP contribution in [0.4, 0.5) is 0 Å². The smallest absolute Gasteiger partial charge is 0.260 e. The highest BCUT2D eigenvalue weighted by Gasteiger charge is 2.31. The summed E-state index contributed by atoms with van der Waals surface area (Å²) in [5, 5.41) is 3.74. The van der Waals surface area contributed by atoms with Crippen molar-refractivity contribution in [2.24, 2.45) is 5.92 Å². The Bertz CT molecular complexity index is 508. The number of imidazole rings is 1. The maximum Gasteiger partial charge on any atom is 0.260 e. The van der Waals surface area contributed by atoms with Gasteiger partial charge in [0.25, 0.3) is 10.0 Å². The topological polar surface area (TPSA) is 78.1 Å². The van der Waals surface area contributed by atoms with E-state index in [0.29, 0.717) is 19.1 Å². The number of halogens is 1. The number of H-pyrrole nitrogens is 1. The quantitative estimate of drug-likeness (QED) is 0.848. The molecule has 2 fully saturated rings. The van der Waals surface area contributed by atoms with E-state index < -0.39 is 10.0 Å². The lowest BCUT2D eigenvalue weighted by Crippen LogP contribution is -2.45. The summed E-state index contributed by atoms with van der Waals surface area (Å²) in [4.78, 5) is 6.46. The van der Waals surface area contributed by atoms with Gasteiger partial charge in [-0.25, -0.2) is 13.4 Å². The van der Waals surface area contributed by atoms with Crippen molar-refractivity contribution in [2.45, 2.75) is 36.8 Å². The van der Waals surface area contributed by atoms with E-state index >= 15 is 0 Å². The van der Waals surface area contributed by atoms with Gasteiger partial charge in [0.1, 0.15) is 0 Å². The molecular formula is C12H21ClN4O2S. The Morgan fingerprint density at radius 1 is 1.30 bits per heavy atom. The molecule has 0 spiro atoms. The minimum Gasteiger partial charge on any atom is -0.335 e. The standard InChI is InChI=1S/C12H20N4O2S.ClH/c17-19(18,12-8-13-9-15-12)16-5-3-11(4-6-16)14-7-10-1-2-10;/h8-11,14H,1-7H2,(H,13,15);1H. The van der Waals surface area contributed by atoms with Crippen LogP contribution < -0.4 is 5.32 Å². The molecule has 0 radical (unpaired) electrons. The van der Waals surface area contributed by atoms with Crippen LogP contribution in [-0.4, -0.2) is 48.4 Å². The Labute approximate surface area is 125 Å². The molecule has 1 aliphatic heterocycles. The number of hydrogen-bond donors (Lipinski definition) is 2. The molecule has 2 heterocycles. The lowest BCUT2D eigenvalue weighted by atomic mass is 10.1. The summed E-state index contributed by atoms with van der Waals surface area (Å²) in [6.07, 6.45) is 7.24. The third kappa shape index (κ3) is 3.52. The van der Waals surface area contributed by atoms with E-state index in [1.54, 1.807) is 4.31 Å². The van der Waals surface area contributed by atoms with Gasteiger partial charge in [0.05, 0.1) is 12.5 Å². The number of nitrogens with zero attached hydrogens (tertiary/aromatic N) is 2. The van der Waals surface area contributed by atoms with Crippen molar-refractivity contribution in [1.82, 2.24) is 19.6 Å². The molecule has 1 aliphatic carbocycles. The first-order valence-electron chi connectivity index (χ1n) is 6.88. The first kappa shape index (κ1) is 15.8. The summed E-state index contributed by atoms with van der Waals surface area (Å²) in [5.74, 6) is 0.867. The van der Waals surface area contributed by atoms with E-state index in [1.165, 1.54) is 25.4 Å². The number of rotatable bonds is 5. The van der Waals surface area contributed by atoms with Crippen molar-refractivity contribution in [3.05, 3.63) is 12.5 Å². The zero-order valence-corrected chi connectivity index (χ0v) is 12.9. The van der Waals surface area contributed by atoms with Gasteiger partial charge in [-0.15, -0.1) is 12.4 Å². The molecule has 3 rings (SSSR count). The molecule has 2 aliphatic rings. The molecule has 0 aromatic carbocycles. The molecular weight excluding hydrogens is 300 g/mol. The van der Waals surface area contributed by atoms with E-state index in [9.17, 15) is 8.42 Å². The van der Waals surface area contributed by atoms with Crippen LogP contribution in [0.25, 0.3) is 0 Å². The summed E-state index contributed by atoms with van der Waals surface area (Å²) in [7, 11) is -3.37. The SMILES string of the molecule is Cl.O=S(=O)(c1cnc[nH]1)N1CCC(NCC2CC2)CC1.